The number of carbonyl (C=O) groups is 1. The van der Waals surface area contributed by atoms with Crippen molar-refractivity contribution in [2.75, 3.05) is 17.3 Å². The van der Waals surface area contributed by atoms with Crippen molar-refractivity contribution in [2.45, 2.75) is 43.8 Å². The zero-order valence-corrected chi connectivity index (χ0v) is 11.8. The van der Waals surface area contributed by atoms with Crippen LogP contribution in [0.3, 0.4) is 0 Å². The van der Waals surface area contributed by atoms with E-state index in [1.54, 1.807) is 7.05 Å². The Morgan fingerprint density at radius 3 is 2.48 bits per heavy atom. The molecule has 1 fully saturated rings. The van der Waals surface area contributed by atoms with Gasteiger partial charge in [-0.2, -0.15) is 13.2 Å². The Kier molecular flexibility index (Phi) is 3.15. The second kappa shape index (κ2) is 4.64. The maximum Gasteiger partial charge on any atom is 0.416 e. The van der Waals surface area contributed by atoms with Gasteiger partial charge >= 0.3 is 6.18 Å². The van der Waals surface area contributed by atoms with E-state index >= 15 is 0 Å². The Balaban J connectivity index is 2.02. The number of fused-ring (bicyclic) bond motifs is 1. The molecular weight excluding hydrogens is 281 g/mol. The molecular formula is C15H17F3N2O. The molecule has 1 N–H and O–H groups in total. The van der Waals surface area contributed by atoms with Crippen LogP contribution in [0, 0.1) is 0 Å². The second-order valence-electron chi connectivity index (χ2n) is 5.84. The molecule has 0 aromatic heterocycles. The molecule has 21 heavy (non-hydrogen) atoms. The van der Waals surface area contributed by atoms with E-state index in [9.17, 15) is 18.0 Å². The number of nitrogens with zero attached hydrogens (tertiary/aromatic N) is 1. The number of carbonyl (C=O) groups excluding carboxylic acids is 1. The van der Waals surface area contributed by atoms with Crippen LogP contribution in [-0.2, 0) is 11.0 Å². The van der Waals surface area contributed by atoms with E-state index in [1.165, 1.54) is 6.07 Å². The molecule has 114 valence electrons. The number of benzene rings is 1. The molecule has 1 spiro atoms. The molecule has 1 saturated carbocycles. The molecule has 2 aliphatic rings. The van der Waals surface area contributed by atoms with Gasteiger partial charge in [-0.25, -0.2) is 0 Å². The fraction of sp³-hybridized carbons (Fsp3) is 0.533. The maximum atomic E-state index is 12.8. The van der Waals surface area contributed by atoms with Crippen LogP contribution in [0.1, 0.15) is 37.7 Å². The molecule has 1 amide bonds. The van der Waals surface area contributed by atoms with Crippen molar-refractivity contribution in [3.05, 3.63) is 23.8 Å². The topological polar surface area (TPSA) is 32.3 Å². The number of amides is 1. The summed E-state index contributed by atoms with van der Waals surface area (Å²) < 4.78 is 38.3. The van der Waals surface area contributed by atoms with Gasteiger partial charge in [-0.3, -0.25) is 4.79 Å². The number of halogens is 3. The monoisotopic (exact) mass is 298 g/mol. The minimum atomic E-state index is -4.40. The summed E-state index contributed by atoms with van der Waals surface area (Å²) in [7, 11) is 1.80. The van der Waals surface area contributed by atoms with Crippen LogP contribution in [0.15, 0.2) is 18.2 Å². The standard InChI is InChI=1S/C15H17F3N2O/c1-20-12-6-5-10(15(16,17)18)9-11(12)19-13(21)14(20)7-3-2-4-8-14/h5-6,9H,2-4,7-8H2,1H3,(H,19,21). The van der Waals surface area contributed by atoms with Crippen molar-refractivity contribution in [3.63, 3.8) is 0 Å². The average Bonchev–Trinajstić information content (AvgIpc) is 2.45. The van der Waals surface area contributed by atoms with E-state index < -0.39 is 17.3 Å². The molecule has 0 radical (unpaired) electrons. The lowest BCUT2D eigenvalue weighted by atomic mass is 9.78. The summed E-state index contributed by atoms with van der Waals surface area (Å²) in [4.78, 5) is 14.3. The van der Waals surface area contributed by atoms with Crippen LogP contribution < -0.4 is 10.2 Å². The van der Waals surface area contributed by atoms with E-state index in [4.69, 9.17) is 0 Å². The van der Waals surface area contributed by atoms with Crippen LogP contribution >= 0.6 is 0 Å². The first kappa shape index (κ1) is 14.2. The lowest BCUT2D eigenvalue weighted by Crippen LogP contribution is -2.59. The summed E-state index contributed by atoms with van der Waals surface area (Å²) in [6.45, 7) is 0. The Labute approximate surface area is 121 Å². The van der Waals surface area contributed by atoms with Gasteiger partial charge in [-0.05, 0) is 31.0 Å². The summed E-state index contributed by atoms with van der Waals surface area (Å²) in [6.07, 6.45) is 0.119. The Hall–Kier alpha value is -1.72. The molecule has 6 heteroatoms. The lowest BCUT2D eigenvalue weighted by Gasteiger charge is -2.48. The molecule has 3 nitrogen and oxygen atoms in total. The average molecular weight is 298 g/mol. The SMILES string of the molecule is CN1c2ccc(C(F)(F)F)cc2NC(=O)C12CCCCC2. The quantitative estimate of drug-likeness (QED) is 0.790. The van der Waals surface area contributed by atoms with E-state index in [1.807, 2.05) is 4.90 Å². The van der Waals surface area contributed by atoms with E-state index in [0.717, 1.165) is 44.2 Å². The van der Waals surface area contributed by atoms with Crippen molar-refractivity contribution in [3.8, 4) is 0 Å². The number of rotatable bonds is 0. The Morgan fingerprint density at radius 1 is 1.19 bits per heavy atom. The minimum Gasteiger partial charge on any atom is -0.359 e. The van der Waals surface area contributed by atoms with E-state index in [-0.39, 0.29) is 11.6 Å². The van der Waals surface area contributed by atoms with E-state index in [2.05, 4.69) is 5.32 Å². The van der Waals surface area contributed by atoms with Gasteiger partial charge in [0, 0.05) is 7.05 Å². The van der Waals surface area contributed by atoms with Crippen LogP contribution in [-0.4, -0.2) is 18.5 Å². The molecule has 0 atom stereocenters. The van der Waals surface area contributed by atoms with Gasteiger partial charge in [-0.15, -0.1) is 0 Å². The molecule has 1 aliphatic carbocycles. The number of hydrogen-bond acceptors (Lipinski definition) is 2. The molecule has 1 heterocycles. The third kappa shape index (κ3) is 2.17. The normalized spacial score (nSPS) is 21.1. The summed E-state index contributed by atoms with van der Waals surface area (Å²) in [5.74, 6) is -0.184. The van der Waals surface area contributed by atoms with Crippen LogP contribution in [0.25, 0.3) is 0 Å². The maximum absolute atomic E-state index is 12.8. The number of hydrogen-bond donors (Lipinski definition) is 1. The zero-order chi connectivity index (χ0) is 15.3. The van der Waals surface area contributed by atoms with Gasteiger partial charge in [-0.1, -0.05) is 19.3 Å². The Morgan fingerprint density at radius 2 is 1.86 bits per heavy atom. The smallest absolute Gasteiger partial charge is 0.359 e. The molecule has 1 aliphatic heterocycles. The molecule has 0 bridgehead atoms. The first-order chi connectivity index (χ1) is 9.84. The largest absolute Gasteiger partial charge is 0.416 e. The van der Waals surface area contributed by atoms with Gasteiger partial charge in [0.15, 0.2) is 0 Å². The highest BCUT2D eigenvalue weighted by Crippen LogP contribution is 2.44. The highest BCUT2D eigenvalue weighted by molar-refractivity contribution is 6.06. The predicted molar refractivity (Wildman–Crippen MR) is 74.3 cm³/mol. The van der Waals surface area contributed by atoms with Crippen molar-refractivity contribution in [1.82, 2.24) is 0 Å². The van der Waals surface area contributed by atoms with Gasteiger partial charge < -0.3 is 10.2 Å². The highest BCUT2D eigenvalue weighted by atomic mass is 19.4. The molecule has 0 unspecified atom stereocenters. The highest BCUT2D eigenvalue weighted by Gasteiger charge is 2.47. The molecule has 1 aromatic rings. The zero-order valence-electron chi connectivity index (χ0n) is 11.8. The van der Waals surface area contributed by atoms with Gasteiger partial charge in [0.1, 0.15) is 5.54 Å². The summed E-state index contributed by atoms with van der Waals surface area (Å²) in [5.41, 5.74) is -0.446. The van der Waals surface area contributed by atoms with Crippen molar-refractivity contribution in [1.29, 1.82) is 0 Å². The van der Waals surface area contributed by atoms with Crippen LogP contribution in [0.2, 0.25) is 0 Å². The third-order valence-corrected chi connectivity index (χ3v) is 4.68. The molecule has 1 aromatic carbocycles. The van der Waals surface area contributed by atoms with Crippen molar-refractivity contribution >= 4 is 17.3 Å². The lowest BCUT2D eigenvalue weighted by molar-refractivity contribution is -0.137. The summed E-state index contributed by atoms with van der Waals surface area (Å²) in [5, 5.41) is 2.68. The summed E-state index contributed by atoms with van der Waals surface area (Å²) in [6, 6.07) is 3.54. The molecule has 0 saturated heterocycles. The third-order valence-electron chi connectivity index (χ3n) is 4.68. The van der Waals surface area contributed by atoms with Crippen LogP contribution in [0.4, 0.5) is 24.5 Å². The number of likely N-dealkylation sites (N-methyl/N-ethyl adjacent to an activating group) is 1. The Bertz CT molecular complexity index is 577. The van der Waals surface area contributed by atoms with Gasteiger partial charge in [0.25, 0.3) is 0 Å². The molecule has 3 rings (SSSR count). The number of alkyl halides is 3. The van der Waals surface area contributed by atoms with Crippen molar-refractivity contribution < 1.29 is 18.0 Å². The first-order valence-corrected chi connectivity index (χ1v) is 7.11. The first-order valence-electron chi connectivity index (χ1n) is 7.11. The fourth-order valence-corrected chi connectivity index (χ4v) is 3.43. The minimum absolute atomic E-state index is 0.184. The fourth-order valence-electron chi connectivity index (χ4n) is 3.43. The van der Waals surface area contributed by atoms with Crippen molar-refractivity contribution in [2.24, 2.45) is 0 Å². The summed E-state index contributed by atoms with van der Waals surface area (Å²) >= 11 is 0. The van der Waals surface area contributed by atoms with E-state index in [0.29, 0.717) is 5.69 Å². The predicted octanol–water partition coefficient (Wildman–Crippen LogP) is 3.80. The second-order valence-corrected chi connectivity index (χ2v) is 5.84. The van der Waals surface area contributed by atoms with Gasteiger partial charge in [0.2, 0.25) is 5.91 Å². The van der Waals surface area contributed by atoms with Crippen LogP contribution in [0.5, 0.6) is 0 Å². The van der Waals surface area contributed by atoms with Gasteiger partial charge in [0.05, 0.1) is 16.9 Å². The number of nitrogens with one attached hydrogen (secondary N) is 1. The number of anilines is 2.